The predicted molar refractivity (Wildman–Crippen MR) is 207 cm³/mol. The van der Waals surface area contributed by atoms with Gasteiger partial charge in [-0.3, -0.25) is 0 Å². The molecule has 0 fully saturated rings. The number of thioether (sulfide) groups is 1. The zero-order valence-corrected chi connectivity index (χ0v) is 27.8. The van der Waals surface area contributed by atoms with Gasteiger partial charge in [-0.15, -0.1) is 11.8 Å². The fourth-order valence-electron chi connectivity index (χ4n) is 7.42. The van der Waals surface area contributed by atoms with E-state index >= 15 is 0 Å². The Morgan fingerprint density at radius 3 is 2.02 bits per heavy atom. The Bertz CT molecular complexity index is 2640. The second-order valence-electron chi connectivity index (χ2n) is 12.9. The van der Waals surface area contributed by atoms with Crippen LogP contribution in [0, 0.1) is 0 Å². The molecule has 2 aromatic heterocycles. The maximum absolute atomic E-state index is 6.59. The molecular weight excluding hydrogens is 629 g/mol. The molecule has 0 radical (unpaired) electrons. The monoisotopic (exact) mass is 658 g/mol. The van der Waals surface area contributed by atoms with E-state index in [1.54, 1.807) is 0 Å². The van der Waals surface area contributed by atoms with Gasteiger partial charge in [0.25, 0.3) is 0 Å². The fraction of sp³-hybridized carbons (Fsp3) is 0.0435. The number of fused-ring (bicyclic) bond motifs is 6. The van der Waals surface area contributed by atoms with Crippen molar-refractivity contribution in [3.05, 3.63) is 181 Å². The molecule has 0 amide bonds. The number of hydrogen-bond donors (Lipinski definition) is 0. The van der Waals surface area contributed by atoms with E-state index in [1.165, 1.54) is 27.2 Å². The minimum absolute atomic E-state index is 0.375. The molecular formula is C46H30N2OS. The van der Waals surface area contributed by atoms with Gasteiger partial charge in [0.05, 0.1) is 0 Å². The van der Waals surface area contributed by atoms with Crippen molar-refractivity contribution >= 4 is 39.4 Å². The van der Waals surface area contributed by atoms with E-state index < -0.39 is 0 Å². The van der Waals surface area contributed by atoms with Gasteiger partial charge in [-0.1, -0.05) is 140 Å². The Kier molecular flexibility index (Phi) is 6.88. The summed E-state index contributed by atoms with van der Waals surface area (Å²) in [5.41, 5.74) is 13.7. The average molecular weight is 659 g/mol. The molecule has 3 nitrogen and oxygen atoms in total. The topological polar surface area (TPSA) is 38.9 Å². The van der Waals surface area contributed by atoms with E-state index in [4.69, 9.17) is 14.4 Å². The van der Waals surface area contributed by atoms with E-state index in [0.717, 1.165) is 50.0 Å². The van der Waals surface area contributed by atoms with Gasteiger partial charge in [-0.2, -0.15) is 0 Å². The number of hydrogen-bond acceptors (Lipinski definition) is 4. The molecule has 3 heterocycles. The second-order valence-corrected chi connectivity index (χ2v) is 14.1. The van der Waals surface area contributed by atoms with Crippen LogP contribution in [0.25, 0.3) is 72.5 Å². The Hall–Kier alpha value is -5.97. The highest BCUT2D eigenvalue weighted by Gasteiger charge is 2.35. The molecule has 1 aliphatic heterocycles. The van der Waals surface area contributed by atoms with Crippen molar-refractivity contribution < 1.29 is 4.42 Å². The number of aromatic nitrogens is 2. The van der Waals surface area contributed by atoms with E-state index in [9.17, 15) is 0 Å². The van der Waals surface area contributed by atoms with Crippen LogP contribution in [0.15, 0.2) is 179 Å². The number of furan rings is 1. The first-order valence-corrected chi connectivity index (χ1v) is 17.9. The normalized spacial score (nSPS) is 16.4. The van der Waals surface area contributed by atoms with Crippen LogP contribution < -0.4 is 0 Å². The summed E-state index contributed by atoms with van der Waals surface area (Å²) < 4.78 is 6.59. The minimum Gasteiger partial charge on any atom is -0.452 e. The highest BCUT2D eigenvalue weighted by atomic mass is 32.2. The molecule has 6 aromatic carbocycles. The summed E-state index contributed by atoms with van der Waals surface area (Å²) in [6.07, 6.45) is 6.88. The third kappa shape index (κ3) is 4.91. The first-order chi connectivity index (χ1) is 24.8. The first kappa shape index (κ1) is 29.0. The Balaban J connectivity index is 1.08. The second kappa shape index (κ2) is 11.9. The summed E-state index contributed by atoms with van der Waals surface area (Å²) in [6.45, 7) is 0. The molecule has 0 saturated heterocycles. The number of rotatable bonds is 5. The van der Waals surface area contributed by atoms with Crippen molar-refractivity contribution in [1.29, 1.82) is 0 Å². The van der Waals surface area contributed by atoms with Crippen molar-refractivity contribution in [2.24, 2.45) is 0 Å². The lowest BCUT2D eigenvalue weighted by molar-refractivity contribution is 0.667. The molecule has 0 N–H and O–H groups in total. The quantitative estimate of drug-likeness (QED) is 0.184. The van der Waals surface area contributed by atoms with Gasteiger partial charge in [0, 0.05) is 32.6 Å². The third-order valence-corrected chi connectivity index (χ3v) is 11.3. The largest absolute Gasteiger partial charge is 0.452 e. The van der Waals surface area contributed by atoms with Crippen LogP contribution >= 0.6 is 11.8 Å². The molecule has 1 aliphatic carbocycles. The lowest BCUT2D eigenvalue weighted by atomic mass is 9.84. The Labute approximate surface area is 294 Å². The van der Waals surface area contributed by atoms with Gasteiger partial charge in [0.15, 0.2) is 11.4 Å². The highest BCUT2D eigenvalue weighted by molar-refractivity contribution is 8.00. The zero-order valence-electron chi connectivity index (χ0n) is 27.0. The number of allylic oxidation sites excluding steroid dienone is 3. The van der Waals surface area contributed by atoms with Crippen molar-refractivity contribution in [1.82, 2.24) is 9.97 Å². The lowest BCUT2D eigenvalue weighted by Gasteiger charge is -2.23. The van der Waals surface area contributed by atoms with Crippen molar-refractivity contribution in [3.63, 3.8) is 0 Å². The SMILES string of the molecule is C1=CC2c3ccccc3SC2C(c2cccc(-c3cccc(-c4nc(-c5ccccc5)nc5c4oc4ccc(-c6ccccc6)cc45)c3)c2)=C1. The summed E-state index contributed by atoms with van der Waals surface area (Å²) in [6, 6.07) is 53.4. The molecule has 0 saturated carbocycles. The van der Waals surface area contributed by atoms with Crippen molar-refractivity contribution in [2.45, 2.75) is 16.1 Å². The van der Waals surface area contributed by atoms with Crippen LogP contribution in [0.3, 0.4) is 0 Å². The van der Waals surface area contributed by atoms with Gasteiger partial charge in [0.2, 0.25) is 0 Å². The lowest BCUT2D eigenvalue weighted by Crippen LogP contribution is -2.13. The van der Waals surface area contributed by atoms with Crippen LogP contribution in [-0.2, 0) is 0 Å². The Morgan fingerprint density at radius 2 is 1.20 bits per heavy atom. The first-order valence-electron chi connectivity index (χ1n) is 17.0. The molecule has 2 unspecified atom stereocenters. The highest BCUT2D eigenvalue weighted by Crippen LogP contribution is 2.52. The van der Waals surface area contributed by atoms with Crippen LogP contribution in [0.4, 0.5) is 0 Å². The average Bonchev–Trinajstić information content (AvgIpc) is 3.76. The third-order valence-electron chi connectivity index (χ3n) is 9.88. The van der Waals surface area contributed by atoms with Gasteiger partial charge >= 0.3 is 0 Å². The molecule has 2 aliphatic rings. The molecule has 8 aromatic rings. The summed E-state index contributed by atoms with van der Waals surface area (Å²) >= 11 is 1.98. The Morgan fingerprint density at radius 1 is 0.540 bits per heavy atom. The maximum Gasteiger partial charge on any atom is 0.180 e. The fourth-order valence-corrected chi connectivity index (χ4v) is 8.92. The summed E-state index contributed by atoms with van der Waals surface area (Å²) in [5, 5.41) is 1.35. The van der Waals surface area contributed by atoms with Crippen molar-refractivity contribution in [2.75, 3.05) is 0 Å². The van der Waals surface area contributed by atoms with Gasteiger partial charge in [-0.05, 0) is 69.3 Å². The molecule has 2 atom stereocenters. The van der Waals surface area contributed by atoms with E-state index in [1.807, 2.05) is 42.1 Å². The zero-order chi connectivity index (χ0) is 33.0. The molecule has 10 rings (SSSR count). The van der Waals surface area contributed by atoms with Gasteiger partial charge < -0.3 is 4.42 Å². The molecule has 0 spiro atoms. The van der Waals surface area contributed by atoms with Crippen molar-refractivity contribution in [3.8, 4) is 44.9 Å². The predicted octanol–water partition coefficient (Wildman–Crippen LogP) is 12.3. The van der Waals surface area contributed by atoms with E-state index in [2.05, 4.69) is 140 Å². The van der Waals surface area contributed by atoms with Gasteiger partial charge in [-0.25, -0.2) is 9.97 Å². The summed E-state index contributed by atoms with van der Waals surface area (Å²) in [4.78, 5) is 11.7. The molecule has 4 heteroatoms. The summed E-state index contributed by atoms with van der Waals surface area (Å²) in [5.74, 6) is 1.07. The molecule has 50 heavy (non-hydrogen) atoms. The van der Waals surface area contributed by atoms with Crippen LogP contribution in [0.1, 0.15) is 17.0 Å². The number of nitrogens with zero attached hydrogens (tertiary/aromatic N) is 2. The minimum atomic E-state index is 0.375. The number of benzene rings is 6. The van der Waals surface area contributed by atoms with Crippen LogP contribution in [0.5, 0.6) is 0 Å². The maximum atomic E-state index is 6.59. The van der Waals surface area contributed by atoms with E-state index in [-0.39, 0.29) is 0 Å². The standard InChI is InChI=1S/C46H30N2OS/c1-3-12-29(13-4-1)33-24-25-40-39(28-33)43-44(49-40)42(47-46(48-43)30-14-5-2-6-15-30)35-19-10-17-32(27-35)31-16-9-18-34(26-31)36-21-11-22-38-37-20-7-8-23-41(37)50-45(36)38/h1-28,38,45H. The molecule has 0 bridgehead atoms. The van der Waals surface area contributed by atoms with Crippen LogP contribution in [0.2, 0.25) is 0 Å². The van der Waals surface area contributed by atoms with E-state index in [0.29, 0.717) is 22.6 Å². The van der Waals surface area contributed by atoms with Crippen LogP contribution in [-0.4, -0.2) is 15.2 Å². The smallest absolute Gasteiger partial charge is 0.180 e. The summed E-state index contributed by atoms with van der Waals surface area (Å²) in [7, 11) is 0. The van der Waals surface area contributed by atoms with Gasteiger partial charge in [0.1, 0.15) is 16.8 Å². The molecule has 236 valence electrons.